The molecule has 28 heavy (non-hydrogen) atoms. The molecule has 1 N–H and O–H groups in total. The molecule has 3 rings (SSSR count). The van der Waals surface area contributed by atoms with Gasteiger partial charge >= 0.3 is 0 Å². The smallest absolute Gasteiger partial charge is 0.224 e. The quantitative estimate of drug-likeness (QED) is 0.653. The molecule has 0 fully saturated rings. The highest BCUT2D eigenvalue weighted by Gasteiger charge is 2.13. The highest BCUT2D eigenvalue weighted by Crippen LogP contribution is 2.22. The second kappa shape index (κ2) is 8.01. The lowest BCUT2D eigenvalue weighted by molar-refractivity contribution is -0.116. The van der Waals surface area contributed by atoms with Crippen LogP contribution in [-0.2, 0) is 16.6 Å². The first-order chi connectivity index (χ1) is 13.2. The standard InChI is InChI=1S/C24H29N3O/c1-17-16-18(2)27(26-17)22-13-11-21(12-14-22)25-23(28)15-8-19-6-9-20(10-7-19)24(3,4)5/h6-7,9-14,16H,8,15H2,1-5H3,(H,25,28). The Bertz CT molecular complexity index is 945. The zero-order valence-electron chi connectivity index (χ0n) is 17.4. The topological polar surface area (TPSA) is 46.9 Å². The van der Waals surface area contributed by atoms with Gasteiger partial charge in [-0.05, 0) is 67.1 Å². The summed E-state index contributed by atoms with van der Waals surface area (Å²) < 4.78 is 1.90. The Morgan fingerprint density at radius 3 is 2.18 bits per heavy atom. The number of carbonyl (C=O) groups excluding carboxylic acids is 1. The Labute approximate surface area is 167 Å². The molecule has 0 saturated carbocycles. The monoisotopic (exact) mass is 375 g/mol. The van der Waals surface area contributed by atoms with Crippen LogP contribution in [0.5, 0.6) is 0 Å². The summed E-state index contributed by atoms with van der Waals surface area (Å²) in [5, 5.41) is 7.46. The molecule has 0 aliphatic carbocycles. The van der Waals surface area contributed by atoms with Crippen LogP contribution < -0.4 is 5.32 Å². The van der Waals surface area contributed by atoms with Crippen molar-refractivity contribution in [3.05, 3.63) is 77.1 Å². The van der Waals surface area contributed by atoms with Crippen LogP contribution in [0.4, 0.5) is 5.69 Å². The van der Waals surface area contributed by atoms with Crippen LogP contribution >= 0.6 is 0 Å². The molecule has 1 aromatic heterocycles. The molecule has 0 bridgehead atoms. The molecule has 2 aromatic carbocycles. The summed E-state index contributed by atoms with van der Waals surface area (Å²) in [5.41, 5.74) is 6.51. The predicted octanol–water partition coefficient (Wildman–Crippen LogP) is 5.36. The number of carbonyl (C=O) groups is 1. The van der Waals surface area contributed by atoms with E-state index >= 15 is 0 Å². The number of aryl methyl sites for hydroxylation is 3. The van der Waals surface area contributed by atoms with Crippen LogP contribution in [0.25, 0.3) is 5.69 Å². The van der Waals surface area contributed by atoms with Crippen LogP contribution in [-0.4, -0.2) is 15.7 Å². The van der Waals surface area contributed by atoms with Crippen molar-refractivity contribution < 1.29 is 4.79 Å². The molecular formula is C24H29N3O. The van der Waals surface area contributed by atoms with Gasteiger partial charge in [0.15, 0.2) is 0 Å². The van der Waals surface area contributed by atoms with Gasteiger partial charge < -0.3 is 5.32 Å². The zero-order valence-corrected chi connectivity index (χ0v) is 17.4. The van der Waals surface area contributed by atoms with E-state index in [9.17, 15) is 4.79 Å². The Kier molecular flexibility index (Phi) is 5.68. The van der Waals surface area contributed by atoms with Crippen molar-refractivity contribution in [1.82, 2.24) is 9.78 Å². The number of benzene rings is 2. The van der Waals surface area contributed by atoms with Gasteiger partial charge in [-0.3, -0.25) is 4.79 Å². The van der Waals surface area contributed by atoms with Crippen LogP contribution in [0.15, 0.2) is 54.6 Å². The van der Waals surface area contributed by atoms with Gasteiger partial charge in [-0.2, -0.15) is 5.10 Å². The second-order valence-electron chi connectivity index (χ2n) is 8.38. The normalized spacial score (nSPS) is 11.5. The van der Waals surface area contributed by atoms with Crippen LogP contribution in [0.2, 0.25) is 0 Å². The number of amides is 1. The van der Waals surface area contributed by atoms with Gasteiger partial charge in [-0.1, -0.05) is 45.0 Å². The number of nitrogens with zero attached hydrogens (tertiary/aromatic N) is 2. The maximum atomic E-state index is 12.3. The first-order valence-electron chi connectivity index (χ1n) is 9.75. The largest absolute Gasteiger partial charge is 0.326 e. The van der Waals surface area contributed by atoms with Crippen molar-refractivity contribution >= 4 is 11.6 Å². The summed E-state index contributed by atoms with van der Waals surface area (Å²) in [5.74, 6) is 0.0266. The van der Waals surface area contributed by atoms with Gasteiger partial charge in [0.25, 0.3) is 0 Å². The lowest BCUT2D eigenvalue weighted by atomic mass is 9.86. The molecule has 0 radical (unpaired) electrons. The van der Waals surface area contributed by atoms with Gasteiger partial charge in [0.05, 0.1) is 11.4 Å². The van der Waals surface area contributed by atoms with Crippen molar-refractivity contribution in [3.8, 4) is 5.69 Å². The highest BCUT2D eigenvalue weighted by molar-refractivity contribution is 5.90. The Morgan fingerprint density at radius 2 is 1.64 bits per heavy atom. The molecule has 3 aromatic rings. The lowest BCUT2D eigenvalue weighted by Gasteiger charge is -2.19. The van der Waals surface area contributed by atoms with Crippen LogP contribution in [0.3, 0.4) is 0 Å². The SMILES string of the molecule is Cc1cc(C)n(-c2ccc(NC(=O)CCc3ccc(C(C)(C)C)cc3)cc2)n1. The van der Waals surface area contributed by atoms with E-state index in [4.69, 9.17) is 0 Å². The van der Waals surface area contributed by atoms with Crippen molar-refractivity contribution in [2.24, 2.45) is 0 Å². The fraction of sp³-hybridized carbons (Fsp3) is 0.333. The Morgan fingerprint density at radius 1 is 1.00 bits per heavy atom. The first-order valence-corrected chi connectivity index (χ1v) is 9.75. The molecule has 0 saturated heterocycles. The van der Waals surface area contributed by atoms with Gasteiger partial charge in [0, 0.05) is 17.8 Å². The van der Waals surface area contributed by atoms with E-state index in [0.717, 1.165) is 29.2 Å². The molecule has 4 nitrogen and oxygen atoms in total. The van der Waals surface area contributed by atoms with Crippen molar-refractivity contribution in [1.29, 1.82) is 0 Å². The highest BCUT2D eigenvalue weighted by atomic mass is 16.1. The minimum Gasteiger partial charge on any atom is -0.326 e. The summed E-state index contributed by atoms with van der Waals surface area (Å²) in [6.07, 6.45) is 1.20. The maximum absolute atomic E-state index is 12.3. The molecule has 0 spiro atoms. The van der Waals surface area contributed by atoms with Gasteiger partial charge in [0.1, 0.15) is 0 Å². The van der Waals surface area contributed by atoms with Crippen molar-refractivity contribution in [2.45, 2.75) is 52.9 Å². The molecule has 0 unspecified atom stereocenters. The minimum absolute atomic E-state index is 0.0266. The van der Waals surface area contributed by atoms with E-state index in [2.05, 4.69) is 55.5 Å². The fourth-order valence-electron chi connectivity index (χ4n) is 3.23. The van der Waals surface area contributed by atoms with Crippen LogP contribution in [0.1, 0.15) is 49.7 Å². The van der Waals surface area contributed by atoms with E-state index in [0.29, 0.717) is 6.42 Å². The minimum atomic E-state index is 0.0266. The van der Waals surface area contributed by atoms with Gasteiger partial charge in [0.2, 0.25) is 5.91 Å². The molecule has 1 heterocycles. The second-order valence-corrected chi connectivity index (χ2v) is 8.38. The number of nitrogens with one attached hydrogen (secondary N) is 1. The Balaban J connectivity index is 1.55. The maximum Gasteiger partial charge on any atom is 0.224 e. The summed E-state index contributed by atoms with van der Waals surface area (Å²) in [4.78, 5) is 12.3. The number of anilines is 1. The van der Waals surface area contributed by atoms with E-state index in [1.54, 1.807) is 0 Å². The molecule has 1 amide bonds. The van der Waals surface area contributed by atoms with E-state index in [1.807, 2.05) is 48.9 Å². The zero-order chi connectivity index (χ0) is 20.3. The molecule has 0 atom stereocenters. The predicted molar refractivity (Wildman–Crippen MR) is 115 cm³/mol. The van der Waals surface area contributed by atoms with Gasteiger partial charge in [-0.15, -0.1) is 0 Å². The van der Waals surface area contributed by atoms with Crippen molar-refractivity contribution in [3.63, 3.8) is 0 Å². The summed E-state index contributed by atoms with van der Waals surface area (Å²) >= 11 is 0. The third-order valence-corrected chi connectivity index (χ3v) is 4.87. The summed E-state index contributed by atoms with van der Waals surface area (Å²) in [7, 11) is 0. The lowest BCUT2D eigenvalue weighted by Crippen LogP contribution is -2.13. The van der Waals surface area contributed by atoms with E-state index in [-0.39, 0.29) is 11.3 Å². The average Bonchev–Trinajstić information content (AvgIpc) is 2.98. The fourth-order valence-corrected chi connectivity index (χ4v) is 3.23. The molecule has 0 aliphatic rings. The average molecular weight is 376 g/mol. The van der Waals surface area contributed by atoms with Crippen molar-refractivity contribution in [2.75, 3.05) is 5.32 Å². The third kappa shape index (κ3) is 4.89. The molecule has 146 valence electrons. The molecular weight excluding hydrogens is 346 g/mol. The molecule has 4 heteroatoms. The summed E-state index contributed by atoms with van der Waals surface area (Å²) in [6, 6.07) is 18.4. The van der Waals surface area contributed by atoms with E-state index < -0.39 is 0 Å². The van der Waals surface area contributed by atoms with Gasteiger partial charge in [-0.25, -0.2) is 4.68 Å². The third-order valence-electron chi connectivity index (χ3n) is 4.87. The van der Waals surface area contributed by atoms with E-state index in [1.165, 1.54) is 11.1 Å². The number of hydrogen-bond donors (Lipinski definition) is 1. The van der Waals surface area contributed by atoms with Crippen LogP contribution in [0, 0.1) is 13.8 Å². The number of aromatic nitrogens is 2. The molecule has 0 aliphatic heterocycles. The first kappa shape index (κ1) is 19.9. The number of hydrogen-bond acceptors (Lipinski definition) is 2. The Hall–Kier alpha value is -2.88. The number of rotatable bonds is 5. The summed E-state index contributed by atoms with van der Waals surface area (Å²) in [6.45, 7) is 10.6.